The molecule has 0 bridgehead atoms. The van der Waals surface area contributed by atoms with Crippen LogP contribution in [-0.4, -0.2) is 48.1 Å². The standard InChI is InChI=1S/C31H38FN3O/c1-31(2,3)26-12-8-23(9-13-26)21-36-22-28-7-6-20-34(4)29(24-10-14-27(32)15-11-24)30(35(28)5)25-16-18-33-19-17-25/h8-19,28H,6-7,20-22H2,1-5H3/b30-29-/t28-/m0/s1. The van der Waals surface area contributed by atoms with Crippen LogP contribution >= 0.6 is 0 Å². The van der Waals surface area contributed by atoms with Crippen molar-refractivity contribution >= 4 is 11.4 Å². The van der Waals surface area contributed by atoms with E-state index in [2.05, 4.69) is 73.9 Å². The number of ether oxygens (including phenoxy) is 1. The van der Waals surface area contributed by atoms with E-state index < -0.39 is 0 Å². The lowest BCUT2D eigenvalue weighted by Gasteiger charge is -2.39. The van der Waals surface area contributed by atoms with Crippen molar-refractivity contribution in [2.24, 2.45) is 0 Å². The van der Waals surface area contributed by atoms with Gasteiger partial charge in [-0.2, -0.15) is 0 Å². The second kappa shape index (κ2) is 11.3. The first-order valence-electron chi connectivity index (χ1n) is 12.8. The van der Waals surface area contributed by atoms with E-state index >= 15 is 0 Å². The van der Waals surface area contributed by atoms with E-state index in [0.717, 1.165) is 41.9 Å². The second-order valence-corrected chi connectivity index (χ2v) is 10.7. The molecule has 1 aromatic heterocycles. The summed E-state index contributed by atoms with van der Waals surface area (Å²) in [4.78, 5) is 8.85. The lowest BCUT2D eigenvalue weighted by atomic mass is 9.87. The Balaban J connectivity index is 1.60. The summed E-state index contributed by atoms with van der Waals surface area (Å²) in [5, 5.41) is 0. The van der Waals surface area contributed by atoms with Crippen molar-refractivity contribution in [2.45, 2.75) is 51.7 Å². The molecule has 0 N–H and O–H groups in total. The summed E-state index contributed by atoms with van der Waals surface area (Å²) in [6, 6.07) is 19.8. The highest BCUT2D eigenvalue weighted by Gasteiger charge is 2.27. The van der Waals surface area contributed by atoms with Crippen molar-refractivity contribution in [3.63, 3.8) is 0 Å². The number of pyridine rings is 1. The molecule has 0 spiro atoms. The van der Waals surface area contributed by atoms with Crippen LogP contribution in [0.15, 0.2) is 73.1 Å². The summed E-state index contributed by atoms with van der Waals surface area (Å²) in [7, 11) is 4.26. The van der Waals surface area contributed by atoms with Gasteiger partial charge in [0.2, 0.25) is 0 Å². The average molecular weight is 488 g/mol. The molecule has 190 valence electrons. The van der Waals surface area contributed by atoms with Crippen molar-refractivity contribution in [1.29, 1.82) is 0 Å². The molecule has 5 heteroatoms. The third-order valence-corrected chi connectivity index (χ3v) is 7.01. The lowest BCUT2D eigenvalue weighted by Crippen LogP contribution is -2.39. The smallest absolute Gasteiger partial charge is 0.123 e. The molecular formula is C31H38FN3O. The summed E-state index contributed by atoms with van der Waals surface area (Å²) < 4.78 is 20.0. The van der Waals surface area contributed by atoms with E-state index in [0.29, 0.717) is 13.2 Å². The number of hydrogen-bond acceptors (Lipinski definition) is 4. The van der Waals surface area contributed by atoms with Gasteiger partial charge in [0, 0.05) is 44.2 Å². The molecule has 1 atom stereocenters. The van der Waals surface area contributed by atoms with Gasteiger partial charge in [-0.1, -0.05) is 45.0 Å². The van der Waals surface area contributed by atoms with Gasteiger partial charge in [-0.25, -0.2) is 4.39 Å². The minimum Gasteiger partial charge on any atom is -0.375 e. The van der Waals surface area contributed by atoms with Gasteiger partial charge in [-0.3, -0.25) is 4.98 Å². The number of halogens is 1. The quantitative estimate of drug-likeness (QED) is 0.392. The molecule has 2 aromatic carbocycles. The Labute approximate surface area is 215 Å². The fourth-order valence-corrected chi connectivity index (χ4v) is 4.82. The van der Waals surface area contributed by atoms with Crippen molar-refractivity contribution in [3.8, 4) is 0 Å². The number of aromatic nitrogens is 1. The van der Waals surface area contributed by atoms with E-state index in [-0.39, 0.29) is 17.3 Å². The Morgan fingerprint density at radius 2 is 1.53 bits per heavy atom. The Hall–Kier alpha value is -3.18. The van der Waals surface area contributed by atoms with E-state index in [4.69, 9.17) is 4.74 Å². The number of hydrogen-bond donors (Lipinski definition) is 0. The average Bonchev–Trinajstić information content (AvgIpc) is 2.86. The zero-order valence-corrected chi connectivity index (χ0v) is 22.2. The molecule has 0 aliphatic carbocycles. The van der Waals surface area contributed by atoms with E-state index in [1.807, 2.05) is 36.7 Å². The van der Waals surface area contributed by atoms with E-state index in [1.165, 1.54) is 23.3 Å². The predicted octanol–water partition coefficient (Wildman–Crippen LogP) is 6.59. The van der Waals surface area contributed by atoms with Crippen molar-refractivity contribution < 1.29 is 9.13 Å². The fraction of sp³-hybridized carbons (Fsp3) is 0.387. The van der Waals surface area contributed by atoms with Crippen LogP contribution in [0.25, 0.3) is 11.4 Å². The van der Waals surface area contributed by atoms with Crippen LogP contribution in [-0.2, 0) is 16.8 Å². The van der Waals surface area contributed by atoms with Crippen LogP contribution in [0.2, 0.25) is 0 Å². The molecule has 0 unspecified atom stereocenters. The van der Waals surface area contributed by atoms with Gasteiger partial charge >= 0.3 is 0 Å². The molecule has 0 amide bonds. The molecule has 1 aliphatic rings. The highest BCUT2D eigenvalue weighted by Crippen LogP contribution is 2.34. The van der Waals surface area contributed by atoms with E-state index in [9.17, 15) is 4.39 Å². The van der Waals surface area contributed by atoms with Crippen LogP contribution in [0.3, 0.4) is 0 Å². The third kappa shape index (κ3) is 6.14. The molecular weight excluding hydrogens is 449 g/mol. The zero-order valence-electron chi connectivity index (χ0n) is 22.2. The zero-order chi connectivity index (χ0) is 25.7. The molecule has 36 heavy (non-hydrogen) atoms. The summed E-state index contributed by atoms with van der Waals surface area (Å²) in [6.45, 7) is 8.83. The maximum atomic E-state index is 13.7. The minimum atomic E-state index is -0.228. The monoisotopic (exact) mass is 487 g/mol. The summed E-state index contributed by atoms with van der Waals surface area (Å²) in [5.74, 6) is -0.228. The maximum Gasteiger partial charge on any atom is 0.123 e. The highest BCUT2D eigenvalue weighted by molar-refractivity contribution is 5.89. The second-order valence-electron chi connectivity index (χ2n) is 10.7. The van der Waals surface area contributed by atoms with Gasteiger partial charge in [0.1, 0.15) is 5.82 Å². The van der Waals surface area contributed by atoms with Crippen molar-refractivity contribution in [1.82, 2.24) is 14.8 Å². The summed E-state index contributed by atoms with van der Waals surface area (Å²) in [5.41, 5.74) is 6.94. The topological polar surface area (TPSA) is 28.6 Å². The Morgan fingerprint density at radius 1 is 0.889 bits per heavy atom. The third-order valence-electron chi connectivity index (χ3n) is 7.01. The van der Waals surface area contributed by atoms with Gasteiger partial charge in [-0.15, -0.1) is 0 Å². The first kappa shape index (κ1) is 25.9. The Bertz CT molecular complexity index is 1150. The normalized spacial score (nSPS) is 19.2. The van der Waals surface area contributed by atoms with Crippen LogP contribution < -0.4 is 0 Å². The van der Waals surface area contributed by atoms with Gasteiger partial charge in [0.05, 0.1) is 30.6 Å². The van der Waals surface area contributed by atoms with Crippen molar-refractivity contribution in [3.05, 3.63) is 101 Å². The molecule has 0 saturated heterocycles. The van der Waals surface area contributed by atoms with Crippen LogP contribution in [0.1, 0.15) is 55.9 Å². The summed E-state index contributed by atoms with van der Waals surface area (Å²) >= 11 is 0. The largest absolute Gasteiger partial charge is 0.375 e. The molecule has 4 nitrogen and oxygen atoms in total. The molecule has 0 fully saturated rings. The molecule has 0 radical (unpaired) electrons. The minimum absolute atomic E-state index is 0.145. The number of likely N-dealkylation sites (N-methyl/N-ethyl adjacent to an activating group) is 1. The van der Waals surface area contributed by atoms with Gasteiger partial charge in [0.15, 0.2) is 0 Å². The first-order chi connectivity index (χ1) is 17.2. The highest BCUT2D eigenvalue weighted by atomic mass is 19.1. The van der Waals surface area contributed by atoms with Gasteiger partial charge < -0.3 is 14.5 Å². The number of rotatable bonds is 6. The fourth-order valence-electron chi connectivity index (χ4n) is 4.82. The van der Waals surface area contributed by atoms with Crippen molar-refractivity contribution in [2.75, 3.05) is 27.2 Å². The Kier molecular flexibility index (Phi) is 8.10. The van der Waals surface area contributed by atoms with E-state index in [1.54, 1.807) is 0 Å². The van der Waals surface area contributed by atoms with Gasteiger partial charge in [-0.05, 0) is 65.8 Å². The van der Waals surface area contributed by atoms with Crippen LogP contribution in [0, 0.1) is 5.82 Å². The first-order valence-corrected chi connectivity index (χ1v) is 12.8. The molecule has 4 rings (SSSR count). The molecule has 2 heterocycles. The van der Waals surface area contributed by atoms with Crippen LogP contribution in [0.5, 0.6) is 0 Å². The van der Waals surface area contributed by atoms with Crippen LogP contribution in [0.4, 0.5) is 4.39 Å². The SMILES string of the molecule is CN1CCC[C@@H](COCc2ccc(C(C)(C)C)cc2)N(C)/C(c2ccncc2)=C\1c1ccc(F)cc1. The molecule has 1 aliphatic heterocycles. The summed E-state index contributed by atoms with van der Waals surface area (Å²) in [6.07, 6.45) is 5.71. The lowest BCUT2D eigenvalue weighted by molar-refractivity contribution is 0.0717. The molecule has 0 saturated carbocycles. The number of nitrogens with zero attached hydrogens (tertiary/aromatic N) is 3. The Morgan fingerprint density at radius 3 is 2.17 bits per heavy atom. The van der Waals surface area contributed by atoms with Gasteiger partial charge in [0.25, 0.3) is 0 Å². The predicted molar refractivity (Wildman–Crippen MR) is 146 cm³/mol. The number of benzene rings is 2. The molecule has 3 aromatic rings. The maximum absolute atomic E-state index is 13.7.